The molecule has 1 heterocycles. The van der Waals surface area contributed by atoms with Crippen LogP contribution in [0, 0.1) is 11.8 Å². The average Bonchev–Trinajstić information content (AvgIpc) is 2.99. The maximum Gasteiger partial charge on any atom is 0.223 e. The minimum Gasteiger partial charge on any atom is -0.356 e. The molecular formula is C21H30N2O2. The van der Waals surface area contributed by atoms with Crippen LogP contribution < -0.4 is 5.32 Å². The van der Waals surface area contributed by atoms with E-state index in [1.54, 1.807) is 0 Å². The molecule has 1 N–H and O–H groups in total. The van der Waals surface area contributed by atoms with Gasteiger partial charge in [-0.05, 0) is 17.9 Å². The minimum atomic E-state index is 0.152. The van der Waals surface area contributed by atoms with Crippen molar-refractivity contribution < 1.29 is 9.59 Å². The Morgan fingerprint density at radius 1 is 1.08 bits per heavy atom. The lowest BCUT2D eigenvalue weighted by atomic mass is 9.86. The lowest BCUT2D eigenvalue weighted by Gasteiger charge is -2.21. The van der Waals surface area contributed by atoms with Gasteiger partial charge in [0.2, 0.25) is 11.8 Å². The second kappa shape index (κ2) is 9.02. The van der Waals surface area contributed by atoms with E-state index in [4.69, 9.17) is 0 Å². The van der Waals surface area contributed by atoms with Gasteiger partial charge in [-0.15, -0.1) is 0 Å². The fourth-order valence-electron chi connectivity index (χ4n) is 4.10. The number of nitrogens with one attached hydrogen (secondary N) is 1. The normalized spacial score (nSPS) is 21.5. The highest BCUT2D eigenvalue weighted by molar-refractivity contribution is 5.79. The molecule has 2 amide bonds. The van der Waals surface area contributed by atoms with E-state index in [0.29, 0.717) is 25.9 Å². The molecule has 2 aliphatic rings. The summed E-state index contributed by atoms with van der Waals surface area (Å²) in [6.45, 7) is 2.04. The van der Waals surface area contributed by atoms with E-state index < -0.39 is 0 Å². The van der Waals surface area contributed by atoms with Gasteiger partial charge in [0.05, 0.1) is 0 Å². The summed E-state index contributed by atoms with van der Waals surface area (Å²) in [5.41, 5.74) is 1.16. The predicted molar refractivity (Wildman–Crippen MR) is 98.8 cm³/mol. The summed E-state index contributed by atoms with van der Waals surface area (Å²) in [6.07, 6.45) is 8.81. The zero-order valence-electron chi connectivity index (χ0n) is 15.1. The Kier molecular flexibility index (Phi) is 6.48. The van der Waals surface area contributed by atoms with E-state index >= 15 is 0 Å². The van der Waals surface area contributed by atoms with Crippen molar-refractivity contribution in [2.75, 3.05) is 13.1 Å². The van der Waals surface area contributed by atoms with Crippen molar-refractivity contribution in [3.63, 3.8) is 0 Å². The monoisotopic (exact) mass is 342 g/mol. The van der Waals surface area contributed by atoms with Gasteiger partial charge in [-0.3, -0.25) is 9.59 Å². The van der Waals surface area contributed by atoms with Crippen LogP contribution in [0.1, 0.15) is 56.9 Å². The Morgan fingerprint density at radius 2 is 1.84 bits per heavy atom. The Bertz CT molecular complexity index is 567. The van der Waals surface area contributed by atoms with Crippen LogP contribution in [0.15, 0.2) is 30.3 Å². The number of nitrogens with zero attached hydrogens (tertiary/aromatic N) is 1. The molecule has 1 saturated heterocycles. The molecule has 0 bridgehead atoms. The summed E-state index contributed by atoms with van der Waals surface area (Å²) in [5.74, 6) is 1.34. The largest absolute Gasteiger partial charge is 0.356 e. The first-order valence-corrected chi connectivity index (χ1v) is 9.79. The summed E-state index contributed by atoms with van der Waals surface area (Å²) in [7, 11) is 0. The molecule has 0 radical (unpaired) electrons. The van der Waals surface area contributed by atoms with Gasteiger partial charge < -0.3 is 10.2 Å². The number of benzene rings is 1. The van der Waals surface area contributed by atoms with Crippen LogP contribution in [-0.4, -0.2) is 29.8 Å². The van der Waals surface area contributed by atoms with Crippen LogP contribution in [0.5, 0.6) is 0 Å². The van der Waals surface area contributed by atoms with Crippen LogP contribution in [-0.2, 0) is 16.1 Å². The van der Waals surface area contributed by atoms with Gasteiger partial charge in [-0.1, -0.05) is 62.4 Å². The van der Waals surface area contributed by atoms with Crippen molar-refractivity contribution in [2.45, 2.75) is 57.9 Å². The fourth-order valence-corrected chi connectivity index (χ4v) is 4.10. The minimum absolute atomic E-state index is 0.152. The first kappa shape index (κ1) is 18.0. The number of carbonyl (C=O) groups is 2. The molecule has 0 aromatic heterocycles. The zero-order valence-corrected chi connectivity index (χ0v) is 15.1. The molecule has 3 rings (SSSR count). The van der Waals surface area contributed by atoms with Crippen molar-refractivity contribution in [1.82, 2.24) is 10.2 Å². The van der Waals surface area contributed by atoms with Crippen molar-refractivity contribution in [2.24, 2.45) is 11.8 Å². The maximum absolute atomic E-state index is 12.2. The third-order valence-corrected chi connectivity index (χ3v) is 5.60. The Balaban J connectivity index is 1.35. The average molecular weight is 342 g/mol. The zero-order chi connectivity index (χ0) is 17.5. The second-order valence-corrected chi connectivity index (χ2v) is 7.68. The smallest absolute Gasteiger partial charge is 0.223 e. The number of rotatable bonds is 7. The summed E-state index contributed by atoms with van der Waals surface area (Å²) < 4.78 is 0. The molecule has 1 aromatic rings. The molecule has 1 atom stereocenters. The SMILES string of the molecule is O=C(CCC1CCCCC1)NCC1CC(=O)N(Cc2ccccc2)C1. The number of amides is 2. The van der Waals surface area contributed by atoms with Crippen LogP contribution in [0.3, 0.4) is 0 Å². The lowest BCUT2D eigenvalue weighted by molar-refractivity contribution is -0.128. The molecule has 25 heavy (non-hydrogen) atoms. The first-order chi connectivity index (χ1) is 12.2. The van der Waals surface area contributed by atoms with E-state index in [1.807, 2.05) is 35.2 Å². The topological polar surface area (TPSA) is 49.4 Å². The van der Waals surface area contributed by atoms with E-state index in [9.17, 15) is 9.59 Å². The molecule has 1 saturated carbocycles. The Labute approximate surface area is 151 Å². The highest BCUT2D eigenvalue weighted by Gasteiger charge is 2.29. The molecule has 136 valence electrons. The number of carbonyl (C=O) groups excluding carboxylic acids is 2. The molecule has 0 spiro atoms. The van der Waals surface area contributed by atoms with Crippen LogP contribution in [0.4, 0.5) is 0 Å². The molecule has 4 nitrogen and oxygen atoms in total. The Hall–Kier alpha value is -1.84. The fraction of sp³-hybridized carbons (Fsp3) is 0.619. The van der Waals surface area contributed by atoms with Gasteiger partial charge >= 0.3 is 0 Å². The third kappa shape index (κ3) is 5.58. The Morgan fingerprint density at radius 3 is 2.60 bits per heavy atom. The van der Waals surface area contributed by atoms with Gasteiger partial charge in [0.1, 0.15) is 0 Å². The predicted octanol–water partition coefficient (Wildman–Crippen LogP) is 3.51. The van der Waals surface area contributed by atoms with Crippen LogP contribution >= 0.6 is 0 Å². The van der Waals surface area contributed by atoms with Crippen molar-refractivity contribution in [3.05, 3.63) is 35.9 Å². The van der Waals surface area contributed by atoms with Gasteiger partial charge in [-0.25, -0.2) is 0 Å². The summed E-state index contributed by atoms with van der Waals surface area (Å²) in [5, 5.41) is 3.05. The first-order valence-electron chi connectivity index (χ1n) is 9.79. The molecule has 1 unspecified atom stereocenters. The summed E-state index contributed by atoms with van der Waals surface area (Å²) in [4.78, 5) is 26.2. The molecule has 1 aliphatic heterocycles. The standard InChI is InChI=1S/C21H30N2O2/c24-20(12-11-17-7-3-1-4-8-17)22-14-19-13-21(25)23(16-19)15-18-9-5-2-6-10-18/h2,5-6,9-10,17,19H,1,3-4,7-8,11-16H2,(H,22,24). The van der Waals surface area contributed by atoms with Crippen molar-refractivity contribution in [1.29, 1.82) is 0 Å². The van der Waals surface area contributed by atoms with E-state index in [2.05, 4.69) is 5.32 Å². The number of likely N-dealkylation sites (tertiary alicyclic amines) is 1. The summed E-state index contributed by atoms with van der Waals surface area (Å²) >= 11 is 0. The van der Waals surface area contributed by atoms with E-state index in [-0.39, 0.29) is 17.7 Å². The van der Waals surface area contributed by atoms with Gasteiger partial charge in [0.25, 0.3) is 0 Å². The van der Waals surface area contributed by atoms with Crippen LogP contribution in [0.2, 0.25) is 0 Å². The van der Waals surface area contributed by atoms with Crippen molar-refractivity contribution >= 4 is 11.8 Å². The van der Waals surface area contributed by atoms with Gasteiger partial charge in [0.15, 0.2) is 0 Å². The van der Waals surface area contributed by atoms with E-state index in [0.717, 1.165) is 24.4 Å². The maximum atomic E-state index is 12.2. The van der Waals surface area contributed by atoms with E-state index in [1.165, 1.54) is 32.1 Å². The number of hydrogen-bond acceptors (Lipinski definition) is 2. The molecule has 2 fully saturated rings. The highest BCUT2D eigenvalue weighted by atomic mass is 16.2. The van der Waals surface area contributed by atoms with Gasteiger partial charge in [-0.2, -0.15) is 0 Å². The highest BCUT2D eigenvalue weighted by Crippen LogP contribution is 2.27. The molecule has 1 aliphatic carbocycles. The van der Waals surface area contributed by atoms with Crippen LogP contribution in [0.25, 0.3) is 0 Å². The lowest BCUT2D eigenvalue weighted by Crippen LogP contribution is -2.31. The quantitative estimate of drug-likeness (QED) is 0.824. The molecule has 4 heteroatoms. The number of hydrogen-bond donors (Lipinski definition) is 1. The molecular weight excluding hydrogens is 312 g/mol. The molecule has 1 aromatic carbocycles. The summed E-state index contributed by atoms with van der Waals surface area (Å²) in [6, 6.07) is 10.1. The van der Waals surface area contributed by atoms with Crippen molar-refractivity contribution in [3.8, 4) is 0 Å². The second-order valence-electron chi connectivity index (χ2n) is 7.68. The van der Waals surface area contributed by atoms with Gasteiger partial charge in [0, 0.05) is 38.4 Å². The third-order valence-electron chi connectivity index (χ3n) is 5.60.